The first kappa shape index (κ1) is 22.1. The van der Waals surface area contributed by atoms with Gasteiger partial charge in [0.25, 0.3) is 0 Å². The molecule has 0 spiro atoms. The highest BCUT2D eigenvalue weighted by molar-refractivity contribution is 7.91. The molecule has 1 saturated heterocycles. The van der Waals surface area contributed by atoms with Crippen molar-refractivity contribution in [2.45, 2.75) is 51.3 Å². The Morgan fingerprint density at radius 2 is 1.97 bits per heavy atom. The largest absolute Gasteiger partial charge is 0.444 e. The first-order valence-corrected chi connectivity index (χ1v) is 11.8. The second kappa shape index (κ2) is 8.29. The molecule has 1 aliphatic rings. The highest BCUT2D eigenvalue weighted by atomic mass is 32.2. The van der Waals surface area contributed by atoms with Gasteiger partial charge in [0.1, 0.15) is 11.6 Å². The van der Waals surface area contributed by atoms with E-state index < -0.39 is 39.5 Å². The number of carbonyl (C=O) groups excluding carboxylic acids is 2. The van der Waals surface area contributed by atoms with Crippen molar-refractivity contribution in [2.24, 2.45) is 7.05 Å². The minimum atomic E-state index is -3.13. The van der Waals surface area contributed by atoms with Crippen molar-refractivity contribution in [1.29, 1.82) is 0 Å². The van der Waals surface area contributed by atoms with E-state index in [1.807, 2.05) is 42.1 Å². The van der Waals surface area contributed by atoms with Gasteiger partial charge < -0.3 is 19.9 Å². The number of ether oxygens (including phenoxy) is 1. The van der Waals surface area contributed by atoms with Gasteiger partial charge >= 0.3 is 6.09 Å². The Morgan fingerprint density at radius 3 is 2.60 bits per heavy atom. The number of fused-ring (bicyclic) bond motifs is 1. The Labute approximate surface area is 176 Å². The maximum atomic E-state index is 13.0. The molecule has 3 rings (SSSR count). The molecule has 2 N–H and O–H groups in total. The number of nitrogens with zero attached hydrogens (tertiary/aromatic N) is 1. The number of aryl methyl sites for hydroxylation is 1. The molecule has 1 fully saturated rings. The van der Waals surface area contributed by atoms with Gasteiger partial charge in [-0.1, -0.05) is 18.2 Å². The Morgan fingerprint density at radius 1 is 1.27 bits per heavy atom. The molecule has 2 aromatic rings. The molecule has 0 bridgehead atoms. The highest BCUT2D eigenvalue weighted by Crippen LogP contribution is 2.22. The standard InChI is InChI=1S/C21H29N3O5S/c1-21(2,3)29-20(26)23-17(19(25)22-15-9-10-30(27,28)13-15)11-14-12-24(4)18-8-6-5-7-16(14)18/h5-8,12,15,17H,9-11,13H2,1-4H3,(H,22,25)(H,23,26)/t15-,17+/m0/s1. The van der Waals surface area contributed by atoms with Crippen LogP contribution in [0.2, 0.25) is 0 Å². The Bertz CT molecular complexity index is 1050. The summed E-state index contributed by atoms with van der Waals surface area (Å²) in [6.45, 7) is 5.24. The molecule has 9 heteroatoms. The van der Waals surface area contributed by atoms with Crippen molar-refractivity contribution >= 4 is 32.7 Å². The summed E-state index contributed by atoms with van der Waals surface area (Å²) in [6, 6.07) is 6.48. The summed E-state index contributed by atoms with van der Waals surface area (Å²) < 4.78 is 30.7. The fourth-order valence-electron chi connectivity index (χ4n) is 3.68. The highest BCUT2D eigenvalue weighted by Gasteiger charge is 2.32. The minimum Gasteiger partial charge on any atom is -0.444 e. The van der Waals surface area contributed by atoms with Crippen LogP contribution in [0.25, 0.3) is 10.9 Å². The lowest BCUT2D eigenvalue weighted by atomic mass is 10.0. The van der Waals surface area contributed by atoms with Crippen LogP contribution < -0.4 is 10.6 Å². The molecule has 0 unspecified atom stereocenters. The Balaban J connectivity index is 1.81. The zero-order chi connectivity index (χ0) is 22.1. The number of carbonyl (C=O) groups is 2. The third kappa shape index (κ3) is 5.53. The number of aromatic nitrogens is 1. The first-order valence-electron chi connectivity index (χ1n) is 9.97. The topological polar surface area (TPSA) is 106 Å². The van der Waals surface area contributed by atoms with Crippen LogP contribution >= 0.6 is 0 Å². The third-order valence-corrected chi connectivity index (χ3v) is 6.76. The van der Waals surface area contributed by atoms with Crippen molar-refractivity contribution in [3.63, 3.8) is 0 Å². The molecule has 1 aromatic heterocycles. The minimum absolute atomic E-state index is 0.0609. The maximum Gasteiger partial charge on any atom is 0.408 e. The van der Waals surface area contributed by atoms with Crippen molar-refractivity contribution < 1.29 is 22.7 Å². The number of nitrogens with one attached hydrogen (secondary N) is 2. The van der Waals surface area contributed by atoms with E-state index in [1.165, 1.54) is 0 Å². The van der Waals surface area contributed by atoms with E-state index in [0.29, 0.717) is 6.42 Å². The molecule has 30 heavy (non-hydrogen) atoms. The summed E-state index contributed by atoms with van der Waals surface area (Å²) in [6.07, 6.45) is 1.87. The Hall–Kier alpha value is -2.55. The summed E-state index contributed by atoms with van der Waals surface area (Å²) >= 11 is 0. The van der Waals surface area contributed by atoms with Crippen LogP contribution in [0.3, 0.4) is 0 Å². The van der Waals surface area contributed by atoms with Gasteiger partial charge in [-0.2, -0.15) is 0 Å². The van der Waals surface area contributed by atoms with E-state index >= 15 is 0 Å². The van der Waals surface area contributed by atoms with Gasteiger partial charge in [-0.05, 0) is 38.8 Å². The van der Waals surface area contributed by atoms with Gasteiger partial charge in [-0.3, -0.25) is 4.79 Å². The second-order valence-electron chi connectivity index (χ2n) is 8.79. The smallest absolute Gasteiger partial charge is 0.408 e. The van der Waals surface area contributed by atoms with Crippen LogP contribution in [-0.2, 0) is 32.8 Å². The first-order chi connectivity index (χ1) is 13.9. The van der Waals surface area contributed by atoms with Crippen LogP contribution in [0, 0.1) is 0 Å². The van der Waals surface area contributed by atoms with E-state index in [1.54, 1.807) is 20.8 Å². The fourth-order valence-corrected chi connectivity index (χ4v) is 5.35. The van der Waals surface area contributed by atoms with E-state index in [2.05, 4.69) is 10.6 Å². The van der Waals surface area contributed by atoms with E-state index in [4.69, 9.17) is 4.74 Å². The predicted octanol–water partition coefficient (Wildman–Crippen LogP) is 1.92. The molecule has 2 atom stereocenters. The summed E-state index contributed by atoms with van der Waals surface area (Å²) in [4.78, 5) is 25.3. The molecule has 0 radical (unpaired) electrons. The zero-order valence-corrected chi connectivity index (χ0v) is 18.6. The van der Waals surface area contributed by atoms with Gasteiger partial charge in [0.2, 0.25) is 5.91 Å². The molecule has 2 heterocycles. The molecule has 1 aliphatic heterocycles. The quantitative estimate of drug-likeness (QED) is 0.746. The SMILES string of the molecule is Cn1cc(C[C@@H](NC(=O)OC(C)(C)C)C(=O)N[C@H]2CCS(=O)(=O)C2)c2ccccc21. The number of hydrogen-bond donors (Lipinski definition) is 2. The monoisotopic (exact) mass is 435 g/mol. The van der Waals surface area contributed by atoms with Crippen LogP contribution in [-0.4, -0.2) is 54.2 Å². The summed E-state index contributed by atoms with van der Waals surface area (Å²) in [5, 5.41) is 6.43. The molecule has 0 saturated carbocycles. The van der Waals surface area contributed by atoms with Crippen LogP contribution in [0.4, 0.5) is 4.79 Å². The number of para-hydroxylation sites is 1. The van der Waals surface area contributed by atoms with E-state index in [9.17, 15) is 18.0 Å². The average molecular weight is 436 g/mol. The number of alkyl carbamates (subject to hydrolysis) is 1. The van der Waals surface area contributed by atoms with Crippen LogP contribution in [0.5, 0.6) is 0 Å². The number of amides is 2. The molecular formula is C21H29N3O5S. The predicted molar refractivity (Wildman–Crippen MR) is 115 cm³/mol. The number of rotatable bonds is 5. The average Bonchev–Trinajstić information content (AvgIpc) is 3.12. The van der Waals surface area contributed by atoms with E-state index in [-0.39, 0.29) is 17.9 Å². The second-order valence-corrected chi connectivity index (χ2v) is 11.0. The van der Waals surface area contributed by atoms with Crippen molar-refractivity contribution in [1.82, 2.24) is 15.2 Å². The normalized spacial score (nSPS) is 19.4. The lowest BCUT2D eigenvalue weighted by Gasteiger charge is -2.24. The van der Waals surface area contributed by atoms with E-state index in [0.717, 1.165) is 16.5 Å². The lowest BCUT2D eigenvalue weighted by Crippen LogP contribution is -2.51. The molecule has 164 valence electrons. The summed E-state index contributed by atoms with van der Waals surface area (Å²) in [5.74, 6) is -0.437. The summed E-state index contributed by atoms with van der Waals surface area (Å²) in [7, 11) is -1.21. The molecule has 8 nitrogen and oxygen atoms in total. The molecule has 1 aromatic carbocycles. The molecule has 2 amide bonds. The molecular weight excluding hydrogens is 406 g/mol. The van der Waals surface area contributed by atoms with Crippen molar-refractivity contribution in [3.8, 4) is 0 Å². The van der Waals surface area contributed by atoms with Gasteiger partial charge in [-0.25, -0.2) is 13.2 Å². The zero-order valence-electron chi connectivity index (χ0n) is 17.8. The summed E-state index contributed by atoms with van der Waals surface area (Å²) in [5.41, 5.74) is 1.22. The van der Waals surface area contributed by atoms with Gasteiger partial charge in [0, 0.05) is 36.6 Å². The maximum absolute atomic E-state index is 13.0. The van der Waals surface area contributed by atoms with Gasteiger partial charge in [0.05, 0.1) is 11.5 Å². The number of benzene rings is 1. The van der Waals surface area contributed by atoms with Crippen LogP contribution in [0.15, 0.2) is 30.5 Å². The van der Waals surface area contributed by atoms with Gasteiger partial charge in [0.15, 0.2) is 9.84 Å². The number of hydrogen-bond acceptors (Lipinski definition) is 5. The lowest BCUT2D eigenvalue weighted by molar-refractivity contribution is -0.123. The third-order valence-electron chi connectivity index (χ3n) is 4.99. The fraction of sp³-hybridized carbons (Fsp3) is 0.524. The van der Waals surface area contributed by atoms with Crippen molar-refractivity contribution in [3.05, 3.63) is 36.0 Å². The molecule has 0 aliphatic carbocycles. The number of sulfone groups is 1. The van der Waals surface area contributed by atoms with Crippen molar-refractivity contribution in [2.75, 3.05) is 11.5 Å². The Kier molecular flexibility index (Phi) is 6.12. The van der Waals surface area contributed by atoms with Crippen LogP contribution in [0.1, 0.15) is 32.8 Å². The van der Waals surface area contributed by atoms with Gasteiger partial charge in [-0.15, -0.1) is 0 Å².